The Morgan fingerprint density at radius 3 is 2.22 bits per heavy atom. The third kappa shape index (κ3) is 6.12. The van der Waals surface area contributed by atoms with Crippen LogP contribution < -0.4 is 20.9 Å². The Morgan fingerprint density at radius 2 is 1.63 bits per heavy atom. The van der Waals surface area contributed by atoms with Crippen LogP contribution in [0.25, 0.3) is 0 Å². The van der Waals surface area contributed by atoms with Gasteiger partial charge < -0.3 is 15.4 Å². The summed E-state index contributed by atoms with van der Waals surface area (Å²) in [5, 5.41) is 13.2. The lowest BCUT2D eigenvalue weighted by atomic mass is 10.0. The second kappa shape index (κ2) is 9.93. The zero-order chi connectivity index (χ0) is 19.6. The quantitative estimate of drug-likeness (QED) is 0.322. The highest BCUT2D eigenvalue weighted by Crippen LogP contribution is 2.15. The molecular weight excluding hydrogens is 350 g/mol. The largest absolute Gasteiger partial charge is 0.489 e. The summed E-state index contributed by atoms with van der Waals surface area (Å²) >= 11 is 0. The molecule has 2 rings (SSSR count). The monoisotopic (exact) mass is 371 g/mol. The van der Waals surface area contributed by atoms with E-state index in [1.54, 1.807) is 24.3 Å². The zero-order valence-corrected chi connectivity index (χ0v) is 14.8. The minimum Gasteiger partial charge on any atom is -0.489 e. The first-order valence-corrected chi connectivity index (χ1v) is 8.25. The summed E-state index contributed by atoms with van der Waals surface area (Å²) in [6, 6.07) is 15.9. The maximum atomic E-state index is 11.9. The maximum absolute atomic E-state index is 11.9. The van der Waals surface area contributed by atoms with E-state index in [-0.39, 0.29) is 6.42 Å². The van der Waals surface area contributed by atoms with Crippen molar-refractivity contribution in [2.45, 2.75) is 19.1 Å². The topological polar surface area (TPSA) is 117 Å². The second-order valence-corrected chi connectivity index (χ2v) is 5.70. The average Bonchev–Trinajstić information content (AvgIpc) is 2.72. The molecule has 4 N–H and O–H groups in total. The summed E-state index contributed by atoms with van der Waals surface area (Å²) in [5.41, 5.74) is 3.04. The number of hydroxylamine groups is 1. The Bertz CT molecular complexity index is 778. The van der Waals surface area contributed by atoms with E-state index < -0.39 is 23.8 Å². The maximum Gasteiger partial charge on any atom is 0.332 e. The van der Waals surface area contributed by atoms with E-state index in [9.17, 15) is 14.4 Å². The Morgan fingerprint density at radius 1 is 0.963 bits per heavy atom. The molecule has 27 heavy (non-hydrogen) atoms. The van der Waals surface area contributed by atoms with Gasteiger partial charge in [-0.15, -0.1) is 0 Å². The molecule has 8 nitrogen and oxygen atoms in total. The molecule has 0 aromatic heterocycles. The number of hydrogen-bond acceptors (Lipinski definition) is 5. The fourth-order valence-corrected chi connectivity index (χ4v) is 2.36. The number of rotatable bonds is 7. The third-order valence-corrected chi connectivity index (χ3v) is 3.79. The fourth-order valence-electron chi connectivity index (χ4n) is 2.36. The van der Waals surface area contributed by atoms with Gasteiger partial charge in [-0.2, -0.15) is 0 Å². The molecule has 0 bridgehead atoms. The van der Waals surface area contributed by atoms with Crippen molar-refractivity contribution in [2.24, 2.45) is 0 Å². The second-order valence-electron chi connectivity index (χ2n) is 5.70. The Kier molecular flexibility index (Phi) is 7.33. The number of ether oxygens (including phenoxy) is 1. The number of nitrogens with one attached hydrogen (secondary N) is 3. The zero-order valence-electron chi connectivity index (χ0n) is 14.8. The highest BCUT2D eigenvalue weighted by molar-refractivity contribution is 6.35. The van der Waals surface area contributed by atoms with Crippen molar-refractivity contribution < 1.29 is 24.3 Å². The Labute approximate surface area is 156 Å². The number of likely N-dealkylation sites (N-methyl/N-ethyl adjacent to an activating group) is 1. The summed E-state index contributed by atoms with van der Waals surface area (Å²) in [6.45, 7) is 0.438. The van der Waals surface area contributed by atoms with Crippen LogP contribution in [0.2, 0.25) is 0 Å². The molecular formula is C19H21N3O5. The first-order valence-electron chi connectivity index (χ1n) is 8.25. The minimum atomic E-state index is -1.24. The predicted molar refractivity (Wildman–Crippen MR) is 96.8 cm³/mol. The van der Waals surface area contributed by atoms with Crippen molar-refractivity contribution >= 4 is 17.7 Å². The molecule has 0 aliphatic carbocycles. The molecule has 2 aromatic carbocycles. The van der Waals surface area contributed by atoms with Gasteiger partial charge in [-0.05, 0) is 23.3 Å². The Balaban J connectivity index is 1.97. The van der Waals surface area contributed by atoms with Crippen molar-refractivity contribution in [1.82, 2.24) is 16.1 Å². The van der Waals surface area contributed by atoms with Gasteiger partial charge in [0.05, 0.1) is 0 Å². The first kappa shape index (κ1) is 19.9. The van der Waals surface area contributed by atoms with E-state index in [1.165, 1.54) is 12.5 Å². The van der Waals surface area contributed by atoms with Gasteiger partial charge in [0.1, 0.15) is 18.4 Å². The Hall–Kier alpha value is -3.39. The smallest absolute Gasteiger partial charge is 0.332 e. The van der Waals surface area contributed by atoms with E-state index in [0.29, 0.717) is 12.4 Å². The molecule has 0 fully saturated rings. The van der Waals surface area contributed by atoms with Crippen LogP contribution in [0.3, 0.4) is 0 Å². The molecule has 0 saturated carbocycles. The van der Waals surface area contributed by atoms with Crippen LogP contribution in [0.4, 0.5) is 0 Å². The van der Waals surface area contributed by atoms with Crippen LogP contribution in [0.1, 0.15) is 11.1 Å². The fraction of sp³-hybridized carbons (Fsp3) is 0.211. The van der Waals surface area contributed by atoms with Gasteiger partial charge in [0.15, 0.2) is 0 Å². The molecule has 0 aliphatic rings. The molecule has 2 aromatic rings. The van der Waals surface area contributed by atoms with Crippen molar-refractivity contribution in [3.8, 4) is 5.75 Å². The molecule has 3 amide bonds. The lowest BCUT2D eigenvalue weighted by Crippen LogP contribution is -2.51. The molecule has 0 saturated heterocycles. The van der Waals surface area contributed by atoms with E-state index >= 15 is 0 Å². The van der Waals surface area contributed by atoms with Gasteiger partial charge in [0, 0.05) is 13.5 Å². The van der Waals surface area contributed by atoms with Crippen LogP contribution in [0.15, 0.2) is 54.6 Å². The number of benzene rings is 2. The van der Waals surface area contributed by atoms with Gasteiger partial charge in [-0.1, -0.05) is 42.5 Å². The summed E-state index contributed by atoms with van der Waals surface area (Å²) in [5.74, 6) is -2.14. The summed E-state index contributed by atoms with van der Waals surface area (Å²) in [6.07, 6.45) is 0.170. The van der Waals surface area contributed by atoms with Crippen molar-refractivity contribution in [1.29, 1.82) is 0 Å². The molecule has 8 heteroatoms. The van der Waals surface area contributed by atoms with Crippen LogP contribution in [0.5, 0.6) is 5.75 Å². The van der Waals surface area contributed by atoms with Crippen LogP contribution in [0, 0.1) is 0 Å². The molecule has 0 heterocycles. The van der Waals surface area contributed by atoms with Crippen LogP contribution >= 0.6 is 0 Å². The number of hydrogen-bond donors (Lipinski definition) is 4. The molecule has 0 aliphatic heterocycles. The van der Waals surface area contributed by atoms with Gasteiger partial charge >= 0.3 is 11.8 Å². The van der Waals surface area contributed by atoms with Crippen LogP contribution in [-0.4, -0.2) is 36.0 Å². The molecule has 0 unspecified atom stereocenters. The SMILES string of the molecule is CNC(=O)[C@H](Cc1ccc(OCc2ccccc2)cc1)NC(=O)C(=O)NO. The average molecular weight is 371 g/mol. The van der Waals surface area contributed by atoms with Crippen LogP contribution in [-0.2, 0) is 27.4 Å². The molecule has 1 atom stereocenters. The number of carbonyl (C=O) groups is 3. The molecule has 142 valence electrons. The number of amides is 3. The summed E-state index contributed by atoms with van der Waals surface area (Å²) in [7, 11) is 1.42. The van der Waals surface area contributed by atoms with Crippen molar-refractivity contribution in [3.05, 3.63) is 65.7 Å². The molecule has 0 radical (unpaired) electrons. The van der Waals surface area contributed by atoms with Gasteiger partial charge in [0.25, 0.3) is 0 Å². The standard InChI is InChI=1S/C19H21N3O5/c1-20-17(23)16(21-18(24)19(25)22-26)11-13-7-9-15(10-8-13)27-12-14-5-3-2-4-6-14/h2-10,16,26H,11-12H2,1H3,(H,20,23)(H,21,24)(H,22,25)/t16-/m0/s1. The highest BCUT2D eigenvalue weighted by atomic mass is 16.5. The van der Waals surface area contributed by atoms with Crippen molar-refractivity contribution in [2.75, 3.05) is 7.05 Å². The summed E-state index contributed by atoms with van der Waals surface area (Å²) in [4.78, 5) is 34.7. The van der Waals surface area contributed by atoms with Gasteiger partial charge in [0.2, 0.25) is 5.91 Å². The lowest BCUT2D eigenvalue weighted by molar-refractivity contribution is -0.145. The summed E-state index contributed by atoms with van der Waals surface area (Å²) < 4.78 is 5.70. The van der Waals surface area contributed by atoms with E-state index in [1.807, 2.05) is 30.3 Å². The van der Waals surface area contributed by atoms with E-state index in [2.05, 4.69) is 10.6 Å². The van der Waals surface area contributed by atoms with E-state index in [0.717, 1.165) is 11.1 Å². The lowest BCUT2D eigenvalue weighted by Gasteiger charge is -2.17. The first-order chi connectivity index (χ1) is 13.0. The van der Waals surface area contributed by atoms with Gasteiger partial charge in [-0.3, -0.25) is 19.6 Å². The number of carbonyl (C=O) groups excluding carboxylic acids is 3. The van der Waals surface area contributed by atoms with Crippen molar-refractivity contribution in [3.63, 3.8) is 0 Å². The van der Waals surface area contributed by atoms with Gasteiger partial charge in [-0.25, -0.2) is 5.48 Å². The molecule has 0 spiro atoms. The predicted octanol–water partition coefficient (Wildman–Crippen LogP) is 0.544. The third-order valence-electron chi connectivity index (χ3n) is 3.79. The van der Waals surface area contributed by atoms with E-state index in [4.69, 9.17) is 9.94 Å². The normalized spacial score (nSPS) is 11.2. The highest BCUT2D eigenvalue weighted by Gasteiger charge is 2.23. The minimum absolute atomic E-state index is 0.170.